The van der Waals surface area contributed by atoms with Crippen LogP contribution >= 0.6 is 0 Å². The van der Waals surface area contributed by atoms with E-state index in [0.29, 0.717) is 22.3 Å². The molecule has 0 aliphatic rings. The zero-order valence-corrected chi connectivity index (χ0v) is 15.6. The van der Waals surface area contributed by atoms with Gasteiger partial charge >= 0.3 is 5.69 Å². The Morgan fingerprint density at radius 1 is 1.03 bits per heavy atom. The molecule has 0 aliphatic heterocycles. The second-order valence-electron chi connectivity index (χ2n) is 6.34. The Morgan fingerprint density at radius 3 is 2.55 bits per heavy atom. The van der Waals surface area contributed by atoms with Crippen LogP contribution in [-0.2, 0) is 17.9 Å². The third kappa shape index (κ3) is 3.33. The van der Waals surface area contributed by atoms with E-state index >= 15 is 0 Å². The lowest BCUT2D eigenvalue weighted by Gasteiger charge is -2.14. The third-order valence-corrected chi connectivity index (χ3v) is 4.59. The zero-order valence-electron chi connectivity index (χ0n) is 15.6. The molecule has 0 bridgehead atoms. The van der Waals surface area contributed by atoms with Crippen molar-refractivity contribution in [2.45, 2.75) is 20.0 Å². The molecule has 0 unspecified atom stereocenters. The lowest BCUT2D eigenvalue weighted by atomic mass is 10.2. The van der Waals surface area contributed by atoms with Crippen LogP contribution in [0.15, 0.2) is 70.8 Å². The lowest BCUT2D eigenvalue weighted by molar-refractivity contribution is -0.116. The molecular formula is C20H18N6O3. The van der Waals surface area contributed by atoms with Gasteiger partial charge in [0.1, 0.15) is 19.2 Å². The SMILES string of the molecule is CCn1c(=O)c2ccccc2n(CC(=O)Nc2ccccc2-n2cncn2)c1=O. The first-order valence-electron chi connectivity index (χ1n) is 9.06. The zero-order chi connectivity index (χ0) is 20.4. The highest BCUT2D eigenvalue weighted by Crippen LogP contribution is 2.18. The molecule has 0 aliphatic carbocycles. The average Bonchev–Trinajstić information content (AvgIpc) is 3.27. The highest BCUT2D eigenvalue weighted by Gasteiger charge is 2.15. The molecule has 0 radical (unpaired) electrons. The number of nitrogens with one attached hydrogen (secondary N) is 1. The van der Waals surface area contributed by atoms with E-state index in [-0.39, 0.29) is 18.6 Å². The molecule has 0 atom stereocenters. The Bertz CT molecular complexity index is 1300. The van der Waals surface area contributed by atoms with Crippen LogP contribution in [-0.4, -0.2) is 29.8 Å². The van der Waals surface area contributed by atoms with Crippen LogP contribution in [0, 0.1) is 0 Å². The van der Waals surface area contributed by atoms with E-state index in [1.54, 1.807) is 49.4 Å². The third-order valence-electron chi connectivity index (χ3n) is 4.59. The van der Waals surface area contributed by atoms with Crippen molar-refractivity contribution in [2.75, 3.05) is 5.32 Å². The number of hydrogen-bond donors (Lipinski definition) is 1. The van der Waals surface area contributed by atoms with Gasteiger partial charge in [-0.15, -0.1) is 0 Å². The summed E-state index contributed by atoms with van der Waals surface area (Å²) in [5.74, 6) is -0.397. The summed E-state index contributed by atoms with van der Waals surface area (Å²) in [5, 5.41) is 7.30. The molecule has 0 saturated heterocycles. The molecule has 146 valence electrons. The van der Waals surface area contributed by atoms with Crippen LogP contribution in [0.3, 0.4) is 0 Å². The molecule has 9 heteroatoms. The molecule has 1 amide bonds. The fraction of sp³-hybridized carbons (Fsp3) is 0.150. The second kappa shape index (κ2) is 7.55. The molecule has 0 fully saturated rings. The van der Waals surface area contributed by atoms with Gasteiger partial charge in [0.2, 0.25) is 5.91 Å². The van der Waals surface area contributed by atoms with Crippen LogP contribution in [0.5, 0.6) is 0 Å². The number of benzene rings is 2. The van der Waals surface area contributed by atoms with Crippen LogP contribution in [0.4, 0.5) is 5.69 Å². The second-order valence-corrected chi connectivity index (χ2v) is 6.34. The standard InChI is InChI=1S/C20H18N6O3/c1-2-24-19(28)14-7-3-5-9-16(14)25(20(24)29)11-18(27)23-15-8-4-6-10-17(15)26-13-21-12-22-26/h3-10,12-13H,2,11H2,1H3,(H,23,27). The number of carbonyl (C=O) groups excluding carboxylic acids is 1. The van der Waals surface area contributed by atoms with Gasteiger partial charge in [-0.25, -0.2) is 14.5 Å². The maximum Gasteiger partial charge on any atom is 0.331 e. The van der Waals surface area contributed by atoms with Gasteiger partial charge in [0.15, 0.2) is 0 Å². The average molecular weight is 390 g/mol. The number of rotatable bonds is 5. The topological polar surface area (TPSA) is 104 Å². The number of fused-ring (bicyclic) bond motifs is 1. The van der Waals surface area contributed by atoms with Crippen molar-refractivity contribution in [3.05, 3.63) is 82.0 Å². The largest absolute Gasteiger partial charge is 0.331 e. The minimum absolute atomic E-state index is 0.221. The van der Waals surface area contributed by atoms with Gasteiger partial charge < -0.3 is 5.32 Å². The quantitative estimate of drug-likeness (QED) is 0.555. The van der Waals surface area contributed by atoms with Gasteiger partial charge in [0.25, 0.3) is 5.56 Å². The minimum Gasteiger partial charge on any atom is -0.323 e. The molecule has 2 aromatic carbocycles. The van der Waals surface area contributed by atoms with E-state index in [9.17, 15) is 14.4 Å². The molecule has 1 N–H and O–H groups in total. The van der Waals surface area contributed by atoms with Gasteiger partial charge in [0, 0.05) is 6.54 Å². The number of hydrogen-bond acceptors (Lipinski definition) is 5. The predicted molar refractivity (Wildman–Crippen MR) is 108 cm³/mol. The van der Waals surface area contributed by atoms with Crippen molar-refractivity contribution in [1.82, 2.24) is 23.9 Å². The predicted octanol–water partition coefficient (Wildman–Crippen LogP) is 1.40. The highest BCUT2D eigenvalue weighted by atomic mass is 16.2. The first-order valence-corrected chi connectivity index (χ1v) is 9.06. The Hall–Kier alpha value is -4.01. The summed E-state index contributed by atoms with van der Waals surface area (Å²) in [4.78, 5) is 42.0. The summed E-state index contributed by atoms with van der Waals surface area (Å²) in [5.41, 5.74) is 0.724. The number of nitrogens with zero attached hydrogens (tertiary/aromatic N) is 5. The Morgan fingerprint density at radius 2 is 1.79 bits per heavy atom. The van der Waals surface area contributed by atoms with Crippen LogP contribution in [0.1, 0.15) is 6.92 Å². The van der Waals surface area contributed by atoms with Crippen LogP contribution in [0.2, 0.25) is 0 Å². The van der Waals surface area contributed by atoms with E-state index in [4.69, 9.17) is 0 Å². The van der Waals surface area contributed by atoms with Gasteiger partial charge in [-0.1, -0.05) is 24.3 Å². The van der Waals surface area contributed by atoms with E-state index in [0.717, 1.165) is 4.57 Å². The maximum atomic E-state index is 12.8. The molecule has 0 saturated carbocycles. The number of aromatic nitrogens is 5. The summed E-state index contributed by atoms with van der Waals surface area (Å²) >= 11 is 0. The number of carbonyl (C=O) groups is 1. The minimum atomic E-state index is -0.518. The number of para-hydroxylation sites is 3. The van der Waals surface area contributed by atoms with E-state index in [1.165, 1.54) is 21.9 Å². The van der Waals surface area contributed by atoms with Crippen molar-refractivity contribution in [2.24, 2.45) is 0 Å². The van der Waals surface area contributed by atoms with Crippen molar-refractivity contribution in [3.63, 3.8) is 0 Å². The normalized spacial score (nSPS) is 10.9. The fourth-order valence-electron chi connectivity index (χ4n) is 3.25. The van der Waals surface area contributed by atoms with E-state index in [2.05, 4.69) is 15.4 Å². The maximum absolute atomic E-state index is 12.8. The first kappa shape index (κ1) is 18.4. The Labute approximate surface area is 164 Å². The van der Waals surface area contributed by atoms with Gasteiger partial charge in [-0.05, 0) is 31.2 Å². The van der Waals surface area contributed by atoms with E-state index < -0.39 is 11.6 Å². The van der Waals surface area contributed by atoms with Crippen molar-refractivity contribution in [1.29, 1.82) is 0 Å². The summed E-state index contributed by atoms with van der Waals surface area (Å²) in [6.45, 7) is 1.71. The Kier molecular flexibility index (Phi) is 4.78. The molecule has 0 spiro atoms. The molecule has 4 rings (SSSR count). The number of amides is 1. The molecule has 4 aromatic rings. The summed E-state index contributed by atoms with van der Waals surface area (Å²) in [6.07, 6.45) is 2.93. The van der Waals surface area contributed by atoms with Crippen LogP contribution < -0.4 is 16.6 Å². The molecule has 9 nitrogen and oxygen atoms in total. The molecule has 2 heterocycles. The Balaban J connectivity index is 1.72. The molecule has 29 heavy (non-hydrogen) atoms. The molecular weight excluding hydrogens is 372 g/mol. The molecule has 2 aromatic heterocycles. The fourth-order valence-corrected chi connectivity index (χ4v) is 3.25. The van der Waals surface area contributed by atoms with Gasteiger partial charge in [-0.3, -0.25) is 18.7 Å². The van der Waals surface area contributed by atoms with E-state index in [1.807, 2.05) is 6.07 Å². The van der Waals surface area contributed by atoms with Crippen molar-refractivity contribution < 1.29 is 4.79 Å². The van der Waals surface area contributed by atoms with Crippen molar-refractivity contribution in [3.8, 4) is 5.69 Å². The number of anilines is 1. The summed E-state index contributed by atoms with van der Waals surface area (Å²) in [7, 11) is 0. The van der Waals surface area contributed by atoms with Gasteiger partial charge in [0.05, 0.1) is 22.3 Å². The summed E-state index contributed by atoms with van der Waals surface area (Å²) in [6, 6.07) is 13.9. The van der Waals surface area contributed by atoms with Crippen molar-refractivity contribution >= 4 is 22.5 Å². The van der Waals surface area contributed by atoms with Crippen LogP contribution in [0.25, 0.3) is 16.6 Å². The van der Waals surface area contributed by atoms with Gasteiger partial charge in [-0.2, -0.15) is 5.10 Å². The monoisotopic (exact) mass is 390 g/mol. The lowest BCUT2D eigenvalue weighted by Crippen LogP contribution is -2.41. The first-order chi connectivity index (χ1) is 14.1. The smallest absolute Gasteiger partial charge is 0.323 e. The summed E-state index contributed by atoms with van der Waals surface area (Å²) < 4.78 is 3.97. The highest BCUT2D eigenvalue weighted by molar-refractivity contribution is 5.93.